The molecule has 1 aromatic heterocycles. The van der Waals surface area contributed by atoms with E-state index < -0.39 is 0 Å². The van der Waals surface area contributed by atoms with Crippen molar-refractivity contribution in [2.24, 2.45) is 5.73 Å². The van der Waals surface area contributed by atoms with Crippen molar-refractivity contribution >= 4 is 22.4 Å². The first-order chi connectivity index (χ1) is 6.18. The zero-order valence-electron chi connectivity index (χ0n) is 7.36. The molecule has 1 heterocycles. The summed E-state index contributed by atoms with van der Waals surface area (Å²) < 4.78 is 3.62. The van der Waals surface area contributed by atoms with E-state index in [1.807, 2.05) is 6.92 Å². The Bertz CT molecular complexity index is 259. The van der Waals surface area contributed by atoms with Gasteiger partial charge in [-0.15, -0.1) is 5.10 Å². The minimum Gasteiger partial charge on any atom is -0.328 e. The molecule has 0 aliphatic heterocycles. The van der Waals surface area contributed by atoms with Crippen LogP contribution in [0.15, 0.2) is 6.20 Å². The molecule has 0 aromatic carbocycles. The van der Waals surface area contributed by atoms with Gasteiger partial charge in [-0.25, -0.2) is 0 Å². The van der Waals surface area contributed by atoms with Crippen LogP contribution in [0.4, 0.5) is 5.00 Å². The number of amides is 1. The summed E-state index contributed by atoms with van der Waals surface area (Å²) in [7, 11) is 0. The van der Waals surface area contributed by atoms with Gasteiger partial charge in [0.2, 0.25) is 5.91 Å². The van der Waals surface area contributed by atoms with Crippen LogP contribution < -0.4 is 11.1 Å². The van der Waals surface area contributed by atoms with Crippen LogP contribution in [0.5, 0.6) is 0 Å². The summed E-state index contributed by atoms with van der Waals surface area (Å²) in [4.78, 5) is 11.2. The van der Waals surface area contributed by atoms with Gasteiger partial charge in [0.05, 0.1) is 6.20 Å². The van der Waals surface area contributed by atoms with Crippen molar-refractivity contribution in [3.63, 3.8) is 0 Å². The highest BCUT2D eigenvalue weighted by Crippen LogP contribution is 2.09. The highest BCUT2D eigenvalue weighted by Gasteiger charge is 2.04. The first-order valence-corrected chi connectivity index (χ1v) is 4.78. The fourth-order valence-corrected chi connectivity index (χ4v) is 1.22. The lowest BCUT2D eigenvalue weighted by Gasteiger charge is -2.03. The molecule has 3 N–H and O–H groups in total. The number of nitrogens with one attached hydrogen (secondary N) is 1. The molecule has 13 heavy (non-hydrogen) atoms. The Kier molecular flexibility index (Phi) is 3.78. The summed E-state index contributed by atoms with van der Waals surface area (Å²) in [5, 5.41) is 6.95. The minimum absolute atomic E-state index is 0.0386. The van der Waals surface area contributed by atoms with Crippen LogP contribution in [0.3, 0.4) is 0 Å². The van der Waals surface area contributed by atoms with Gasteiger partial charge < -0.3 is 11.1 Å². The van der Waals surface area contributed by atoms with E-state index in [1.165, 1.54) is 6.20 Å². The van der Waals surface area contributed by atoms with E-state index in [2.05, 4.69) is 14.9 Å². The second kappa shape index (κ2) is 4.88. The molecule has 0 saturated heterocycles. The number of anilines is 1. The molecule has 6 heteroatoms. The van der Waals surface area contributed by atoms with Crippen molar-refractivity contribution in [1.82, 2.24) is 9.59 Å². The minimum atomic E-state index is -0.0386. The topological polar surface area (TPSA) is 80.9 Å². The lowest BCUT2D eigenvalue weighted by Crippen LogP contribution is -2.19. The van der Waals surface area contributed by atoms with Gasteiger partial charge in [0.15, 0.2) is 0 Å². The van der Waals surface area contributed by atoms with Gasteiger partial charge in [-0.2, -0.15) is 0 Å². The lowest BCUT2D eigenvalue weighted by molar-refractivity contribution is -0.116. The molecular formula is C7H12N4OS. The Hall–Kier alpha value is -1.01. The summed E-state index contributed by atoms with van der Waals surface area (Å²) >= 11 is 1.16. The highest BCUT2D eigenvalue weighted by molar-refractivity contribution is 7.10. The zero-order valence-corrected chi connectivity index (χ0v) is 8.17. The number of nitrogens with two attached hydrogens (primary N) is 1. The molecule has 0 spiro atoms. The molecular weight excluding hydrogens is 188 g/mol. The van der Waals surface area contributed by atoms with Crippen molar-refractivity contribution < 1.29 is 4.79 Å². The molecule has 0 fully saturated rings. The van der Waals surface area contributed by atoms with E-state index >= 15 is 0 Å². The second-order valence-corrected chi connectivity index (χ2v) is 3.63. The van der Waals surface area contributed by atoms with Gasteiger partial charge in [0, 0.05) is 24.0 Å². The molecule has 0 aliphatic carbocycles. The molecule has 0 aliphatic rings. The van der Waals surface area contributed by atoms with Crippen LogP contribution in [0, 0.1) is 0 Å². The summed E-state index contributed by atoms with van der Waals surface area (Å²) in [6.07, 6.45) is 2.65. The van der Waals surface area contributed by atoms with Gasteiger partial charge >= 0.3 is 0 Å². The first kappa shape index (κ1) is 10.1. The van der Waals surface area contributed by atoms with Crippen molar-refractivity contribution in [2.45, 2.75) is 25.8 Å². The Morgan fingerprint density at radius 1 is 1.85 bits per heavy atom. The van der Waals surface area contributed by atoms with Crippen LogP contribution in [0.2, 0.25) is 0 Å². The molecule has 0 bridgehead atoms. The van der Waals surface area contributed by atoms with E-state index in [1.54, 1.807) is 0 Å². The van der Waals surface area contributed by atoms with Crippen molar-refractivity contribution in [2.75, 3.05) is 5.32 Å². The molecule has 1 atom stereocenters. The number of nitrogens with zero attached hydrogens (tertiary/aromatic N) is 2. The maximum absolute atomic E-state index is 11.2. The molecule has 5 nitrogen and oxygen atoms in total. The molecule has 1 amide bonds. The smallest absolute Gasteiger partial charge is 0.225 e. The fourth-order valence-electron chi connectivity index (χ4n) is 0.781. The van der Waals surface area contributed by atoms with Gasteiger partial charge in [0.25, 0.3) is 0 Å². The predicted molar refractivity (Wildman–Crippen MR) is 51.4 cm³/mol. The van der Waals surface area contributed by atoms with Crippen molar-refractivity contribution in [1.29, 1.82) is 0 Å². The number of hydrogen-bond acceptors (Lipinski definition) is 5. The normalized spacial score (nSPS) is 12.5. The number of carbonyl (C=O) groups excluding carboxylic acids is 1. The monoisotopic (exact) mass is 200 g/mol. The molecule has 1 rings (SSSR count). The molecule has 1 aromatic rings. The van der Waals surface area contributed by atoms with Crippen LogP contribution in [0.25, 0.3) is 0 Å². The number of rotatable bonds is 4. The number of hydrogen-bond donors (Lipinski definition) is 2. The SMILES string of the molecule is CC(N)CCC(=O)Nc1cnns1. The summed E-state index contributed by atoms with van der Waals surface area (Å²) in [5.41, 5.74) is 5.51. The average molecular weight is 200 g/mol. The Balaban J connectivity index is 2.26. The van der Waals surface area contributed by atoms with Crippen LogP contribution >= 0.6 is 11.5 Å². The third-order valence-electron chi connectivity index (χ3n) is 1.45. The highest BCUT2D eigenvalue weighted by atomic mass is 32.1. The Labute approximate surface area is 80.5 Å². The van der Waals surface area contributed by atoms with E-state index in [0.29, 0.717) is 17.8 Å². The van der Waals surface area contributed by atoms with Crippen LogP contribution in [-0.2, 0) is 4.79 Å². The third kappa shape index (κ3) is 3.95. The fraction of sp³-hybridized carbons (Fsp3) is 0.571. The van der Waals surface area contributed by atoms with Crippen molar-refractivity contribution in [3.8, 4) is 0 Å². The van der Waals surface area contributed by atoms with Gasteiger partial charge in [-0.1, -0.05) is 4.49 Å². The Morgan fingerprint density at radius 3 is 3.15 bits per heavy atom. The molecule has 0 radical (unpaired) electrons. The summed E-state index contributed by atoms with van der Waals surface area (Å²) in [6.45, 7) is 1.88. The van der Waals surface area contributed by atoms with Crippen LogP contribution in [-0.4, -0.2) is 21.5 Å². The molecule has 0 saturated carbocycles. The zero-order chi connectivity index (χ0) is 9.68. The van der Waals surface area contributed by atoms with E-state index in [4.69, 9.17) is 5.73 Å². The quantitative estimate of drug-likeness (QED) is 0.746. The van der Waals surface area contributed by atoms with E-state index in [0.717, 1.165) is 11.5 Å². The van der Waals surface area contributed by atoms with Gasteiger partial charge in [-0.3, -0.25) is 4.79 Å². The maximum atomic E-state index is 11.2. The van der Waals surface area contributed by atoms with E-state index in [-0.39, 0.29) is 11.9 Å². The molecule has 72 valence electrons. The van der Waals surface area contributed by atoms with Crippen LogP contribution in [0.1, 0.15) is 19.8 Å². The summed E-state index contributed by atoms with van der Waals surface area (Å²) in [6, 6.07) is 0.0605. The van der Waals surface area contributed by atoms with Crippen molar-refractivity contribution in [3.05, 3.63) is 6.20 Å². The lowest BCUT2D eigenvalue weighted by atomic mass is 10.2. The maximum Gasteiger partial charge on any atom is 0.225 e. The predicted octanol–water partition coefficient (Wildman–Crippen LogP) is 0.604. The number of carbonyl (C=O) groups is 1. The second-order valence-electron chi connectivity index (χ2n) is 2.85. The molecule has 1 unspecified atom stereocenters. The number of aromatic nitrogens is 2. The third-order valence-corrected chi connectivity index (χ3v) is 2.03. The first-order valence-electron chi connectivity index (χ1n) is 4.01. The standard InChI is InChI=1S/C7H12N4OS/c1-5(8)2-3-6(12)10-7-4-9-11-13-7/h4-5H,2-3,8H2,1H3,(H,10,12). The van der Waals surface area contributed by atoms with E-state index in [9.17, 15) is 4.79 Å². The Morgan fingerprint density at radius 2 is 2.62 bits per heavy atom. The summed E-state index contributed by atoms with van der Waals surface area (Å²) in [5.74, 6) is -0.0386. The van der Waals surface area contributed by atoms with Gasteiger partial charge in [-0.05, 0) is 13.3 Å². The average Bonchev–Trinajstić information content (AvgIpc) is 2.53. The largest absolute Gasteiger partial charge is 0.328 e. The van der Waals surface area contributed by atoms with Gasteiger partial charge in [0.1, 0.15) is 5.00 Å².